The molecule has 5 heteroatoms. The Hall–Kier alpha value is -3.60. The summed E-state index contributed by atoms with van der Waals surface area (Å²) in [4.78, 5) is 4.61. The number of hydrogen-bond donors (Lipinski definition) is 0. The molecule has 0 bridgehead atoms. The van der Waals surface area contributed by atoms with Gasteiger partial charge >= 0.3 is 0 Å². The second-order valence-corrected chi connectivity index (χ2v) is 6.33. The number of benzene rings is 2. The highest BCUT2D eigenvalue weighted by atomic mass is 15.2. The van der Waals surface area contributed by atoms with Crippen molar-refractivity contribution in [2.75, 3.05) is 0 Å². The maximum Gasteiger partial charge on any atom is 0.100 e. The largest absolute Gasteiger partial charge is 0.324 e. The van der Waals surface area contributed by atoms with E-state index in [2.05, 4.69) is 61.7 Å². The van der Waals surface area contributed by atoms with Crippen LogP contribution in [0.3, 0.4) is 0 Å². The lowest BCUT2D eigenvalue weighted by Gasteiger charge is -2.08. The lowest BCUT2D eigenvalue weighted by atomic mass is 10.1. The van der Waals surface area contributed by atoms with Gasteiger partial charge in [-0.1, -0.05) is 12.1 Å². The molecular formula is C21H17N5. The summed E-state index contributed by atoms with van der Waals surface area (Å²) in [6.07, 6.45) is 9.86. The molecule has 0 N–H and O–H groups in total. The molecule has 126 valence electrons. The van der Waals surface area contributed by atoms with Crippen molar-refractivity contribution in [2.24, 2.45) is 7.05 Å². The van der Waals surface area contributed by atoms with Crippen molar-refractivity contribution in [1.82, 2.24) is 23.9 Å². The van der Waals surface area contributed by atoms with Crippen molar-refractivity contribution >= 4 is 11.0 Å². The Morgan fingerprint density at radius 3 is 2.50 bits per heavy atom. The second-order valence-electron chi connectivity index (χ2n) is 6.33. The van der Waals surface area contributed by atoms with E-state index in [1.165, 1.54) is 0 Å². The molecule has 3 heterocycles. The fourth-order valence-electron chi connectivity index (χ4n) is 3.28. The van der Waals surface area contributed by atoms with E-state index in [1.54, 1.807) is 0 Å². The van der Waals surface area contributed by atoms with E-state index in [9.17, 15) is 0 Å². The van der Waals surface area contributed by atoms with E-state index in [0.29, 0.717) is 0 Å². The zero-order valence-corrected chi connectivity index (χ0v) is 14.3. The van der Waals surface area contributed by atoms with Gasteiger partial charge in [-0.05, 0) is 48.0 Å². The minimum absolute atomic E-state index is 0.970. The first kappa shape index (κ1) is 14.7. The van der Waals surface area contributed by atoms with Gasteiger partial charge in [0.15, 0.2) is 0 Å². The van der Waals surface area contributed by atoms with Crippen LogP contribution < -0.4 is 0 Å². The van der Waals surface area contributed by atoms with E-state index in [0.717, 1.165) is 33.5 Å². The predicted octanol–water partition coefficient (Wildman–Crippen LogP) is 4.22. The molecule has 5 nitrogen and oxygen atoms in total. The van der Waals surface area contributed by atoms with E-state index in [1.807, 2.05) is 55.0 Å². The van der Waals surface area contributed by atoms with Crippen molar-refractivity contribution in [3.8, 4) is 22.5 Å². The van der Waals surface area contributed by atoms with Gasteiger partial charge in [0.05, 0.1) is 17.2 Å². The molecule has 0 aliphatic carbocycles. The third-order valence-electron chi connectivity index (χ3n) is 4.60. The number of hydrogen-bond acceptors (Lipinski definition) is 2. The molecule has 5 rings (SSSR count). The van der Waals surface area contributed by atoms with Crippen LogP contribution in [-0.4, -0.2) is 23.9 Å². The molecule has 2 aromatic carbocycles. The third-order valence-corrected chi connectivity index (χ3v) is 4.60. The molecule has 0 saturated carbocycles. The molecule has 26 heavy (non-hydrogen) atoms. The predicted molar refractivity (Wildman–Crippen MR) is 103 cm³/mol. The summed E-state index contributed by atoms with van der Waals surface area (Å²) in [6.45, 7) is 0. The Labute approximate surface area is 150 Å². The first-order valence-electron chi connectivity index (χ1n) is 8.48. The average molecular weight is 339 g/mol. The molecule has 3 aromatic heterocycles. The summed E-state index contributed by atoms with van der Waals surface area (Å²) in [5, 5.41) is 4.25. The second kappa shape index (κ2) is 5.74. The minimum atomic E-state index is 0.970. The van der Waals surface area contributed by atoms with Gasteiger partial charge in [0.1, 0.15) is 6.33 Å². The summed E-state index contributed by atoms with van der Waals surface area (Å²) in [5.41, 5.74) is 6.49. The molecule has 0 atom stereocenters. The van der Waals surface area contributed by atoms with Crippen LogP contribution >= 0.6 is 0 Å². The van der Waals surface area contributed by atoms with Crippen LogP contribution in [0.5, 0.6) is 0 Å². The highest BCUT2D eigenvalue weighted by Crippen LogP contribution is 2.25. The van der Waals surface area contributed by atoms with E-state index < -0.39 is 0 Å². The monoisotopic (exact) mass is 339 g/mol. The molecular weight excluding hydrogens is 322 g/mol. The first-order chi connectivity index (χ1) is 12.8. The average Bonchev–Trinajstić information content (AvgIpc) is 3.42. The van der Waals surface area contributed by atoms with Crippen LogP contribution in [-0.2, 0) is 7.05 Å². The normalized spacial score (nSPS) is 11.3. The van der Waals surface area contributed by atoms with Crippen molar-refractivity contribution in [3.05, 3.63) is 85.7 Å². The van der Waals surface area contributed by atoms with Crippen LogP contribution in [0.4, 0.5) is 0 Å². The summed E-state index contributed by atoms with van der Waals surface area (Å²) in [7, 11) is 1.93. The molecule has 0 aliphatic heterocycles. The van der Waals surface area contributed by atoms with Crippen molar-refractivity contribution in [3.63, 3.8) is 0 Å². The third kappa shape index (κ3) is 2.41. The Balaban J connectivity index is 1.59. The van der Waals surface area contributed by atoms with Gasteiger partial charge in [0.25, 0.3) is 0 Å². The highest BCUT2D eigenvalue weighted by Gasteiger charge is 2.08. The lowest BCUT2D eigenvalue weighted by Crippen LogP contribution is -1.95. The van der Waals surface area contributed by atoms with Crippen LogP contribution in [0.2, 0.25) is 0 Å². The minimum Gasteiger partial charge on any atom is -0.324 e. The van der Waals surface area contributed by atoms with Gasteiger partial charge in [0.2, 0.25) is 0 Å². The number of fused-ring (bicyclic) bond motifs is 1. The standard InChI is InChI=1S/C21H17N5/c1-24-14-17(13-23-24)16-7-8-21-20(11-16)22-15-26(21)19-6-4-5-18(12-19)25-9-2-3-10-25/h2-15H,1H3. The van der Waals surface area contributed by atoms with Crippen LogP contribution in [0, 0.1) is 0 Å². The topological polar surface area (TPSA) is 40.6 Å². The summed E-state index contributed by atoms with van der Waals surface area (Å²) in [6, 6.07) is 18.8. The molecule has 5 aromatic rings. The maximum absolute atomic E-state index is 4.61. The first-order valence-corrected chi connectivity index (χ1v) is 8.48. The summed E-state index contributed by atoms with van der Waals surface area (Å²) >= 11 is 0. The van der Waals surface area contributed by atoms with Gasteiger partial charge in [-0.2, -0.15) is 5.10 Å². The fourth-order valence-corrected chi connectivity index (χ4v) is 3.28. The number of rotatable bonds is 3. The Morgan fingerprint density at radius 1 is 0.846 bits per heavy atom. The molecule has 0 aliphatic rings. The number of aryl methyl sites for hydroxylation is 1. The lowest BCUT2D eigenvalue weighted by molar-refractivity contribution is 0.768. The zero-order chi connectivity index (χ0) is 17.5. The van der Waals surface area contributed by atoms with E-state index in [4.69, 9.17) is 0 Å². The van der Waals surface area contributed by atoms with Gasteiger partial charge in [-0.25, -0.2) is 4.98 Å². The highest BCUT2D eigenvalue weighted by molar-refractivity contribution is 5.83. The van der Waals surface area contributed by atoms with Crippen molar-refractivity contribution < 1.29 is 0 Å². The van der Waals surface area contributed by atoms with Crippen LogP contribution in [0.15, 0.2) is 85.7 Å². The van der Waals surface area contributed by atoms with Crippen molar-refractivity contribution in [1.29, 1.82) is 0 Å². The smallest absolute Gasteiger partial charge is 0.100 e. The summed E-state index contributed by atoms with van der Waals surface area (Å²) < 4.78 is 6.03. The summed E-state index contributed by atoms with van der Waals surface area (Å²) in [5.74, 6) is 0. The van der Waals surface area contributed by atoms with Gasteiger partial charge in [0, 0.05) is 42.6 Å². The van der Waals surface area contributed by atoms with E-state index >= 15 is 0 Å². The zero-order valence-electron chi connectivity index (χ0n) is 14.3. The Bertz CT molecular complexity index is 1190. The molecule has 0 amide bonds. The van der Waals surface area contributed by atoms with Crippen LogP contribution in [0.25, 0.3) is 33.5 Å². The Kier molecular flexibility index (Phi) is 3.25. The Morgan fingerprint density at radius 2 is 1.69 bits per heavy atom. The van der Waals surface area contributed by atoms with Gasteiger partial charge in [-0.15, -0.1) is 0 Å². The number of aromatic nitrogens is 5. The number of nitrogens with zero attached hydrogens (tertiary/aromatic N) is 5. The van der Waals surface area contributed by atoms with E-state index in [-0.39, 0.29) is 0 Å². The fraction of sp³-hybridized carbons (Fsp3) is 0.0476. The van der Waals surface area contributed by atoms with Gasteiger partial charge in [-0.3, -0.25) is 9.25 Å². The SMILES string of the molecule is Cn1cc(-c2ccc3c(c2)ncn3-c2cccc(-n3cccc3)c2)cn1. The molecule has 0 radical (unpaired) electrons. The quantitative estimate of drug-likeness (QED) is 0.494. The maximum atomic E-state index is 4.61. The number of imidazole rings is 1. The molecule has 0 saturated heterocycles. The van der Waals surface area contributed by atoms with Crippen molar-refractivity contribution in [2.45, 2.75) is 0 Å². The van der Waals surface area contributed by atoms with Crippen LogP contribution in [0.1, 0.15) is 0 Å². The molecule has 0 fully saturated rings. The van der Waals surface area contributed by atoms with Gasteiger partial charge < -0.3 is 4.57 Å². The molecule has 0 spiro atoms. The molecule has 0 unspecified atom stereocenters.